The average Bonchev–Trinajstić information content (AvgIpc) is 2.20. The van der Waals surface area contributed by atoms with Crippen LogP contribution in [0, 0.1) is 0 Å². The van der Waals surface area contributed by atoms with E-state index in [1.54, 1.807) is 21.3 Å². The molecule has 0 aliphatic carbocycles. The summed E-state index contributed by atoms with van der Waals surface area (Å²) in [4.78, 5) is 2.52. The predicted molar refractivity (Wildman–Crippen MR) is 64.1 cm³/mol. The third-order valence-corrected chi connectivity index (χ3v) is 3.51. The van der Waals surface area contributed by atoms with Crippen LogP contribution in [0.15, 0.2) is 0 Å². The van der Waals surface area contributed by atoms with E-state index in [1.165, 1.54) is 38.9 Å². The van der Waals surface area contributed by atoms with E-state index in [4.69, 9.17) is 13.3 Å². The van der Waals surface area contributed by atoms with Gasteiger partial charge in [0.15, 0.2) is 0 Å². The molecule has 1 rings (SSSR count). The first-order chi connectivity index (χ1) is 7.28. The first kappa shape index (κ1) is 15.1. The maximum Gasteiger partial charge on any atom is 0.483 e. The van der Waals surface area contributed by atoms with Crippen molar-refractivity contribution in [3.63, 3.8) is 0 Å². The quantitative estimate of drug-likeness (QED) is 0.646. The van der Waals surface area contributed by atoms with Crippen molar-refractivity contribution < 1.29 is 13.3 Å². The zero-order chi connectivity index (χ0) is 11.5. The van der Waals surface area contributed by atoms with Crippen molar-refractivity contribution in [3.05, 3.63) is 0 Å². The minimum absolute atomic E-state index is 1.34. The second-order valence-electron chi connectivity index (χ2n) is 3.54. The summed E-state index contributed by atoms with van der Waals surface area (Å²) in [5, 5.41) is 0. The van der Waals surface area contributed by atoms with Crippen molar-refractivity contribution in [2.75, 3.05) is 41.0 Å². The second kappa shape index (κ2) is 10.6. The van der Waals surface area contributed by atoms with Gasteiger partial charge in [-0.1, -0.05) is 13.3 Å². The zero-order valence-electron chi connectivity index (χ0n) is 10.5. The van der Waals surface area contributed by atoms with Gasteiger partial charge in [-0.2, -0.15) is 0 Å². The lowest BCUT2D eigenvalue weighted by molar-refractivity contribution is 0.163. The molecule has 0 radical (unpaired) electrons. The summed E-state index contributed by atoms with van der Waals surface area (Å²) in [6.45, 7) is 6.32. The Labute approximate surface area is 95.5 Å². The number of hydrogen-bond donors (Lipinski definition) is 0. The molecule has 1 aliphatic rings. The second-order valence-corrected chi connectivity index (χ2v) is 5.54. The maximum absolute atomic E-state index is 4.74. The van der Waals surface area contributed by atoms with Gasteiger partial charge in [-0.25, -0.2) is 0 Å². The van der Waals surface area contributed by atoms with Gasteiger partial charge in [0.1, 0.15) is 0 Å². The Morgan fingerprint density at radius 3 is 1.80 bits per heavy atom. The summed E-state index contributed by atoms with van der Waals surface area (Å²) in [6, 6.07) is 0. The van der Waals surface area contributed by atoms with Crippen LogP contribution in [0.4, 0.5) is 0 Å². The molecule has 0 saturated carbocycles. The lowest BCUT2D eigenvalue weighted by atomic mass is 10.2. The van der Waals surface area contributed by atoms with E-state index in [2.05, 4.69) is 11.8 Å². The Morgan fingerprint density at radius 1 is 1.07 bits per heavy atom. The van der Waals surface area contributed by atoms with Crippen LogP contribution in [0.1, 0.15) is 26.2 Å². The van der Waals surface area contributed by atoms with Crippen molar-refractivity contribution in [1.29, 1.82) is 0 Å². The lowest BCUT2D eigenvalue weighted by Gasteiger charge is -2.30. The minimum Gasteiger partial charge on any atom is -0.379 e. The smallest absolute Gasteiger partial charge is 0.379 e. The molecule has 0 atom stereocenters. The fraction of sp³-hybridized carbons (Fsp3) is 1.00. The molecule has 0 spiro atoms. The fourth-order valence-corrected chi connectivity index (χ4v) is 1.85. The van der Waals surface area contributed by atoms with Crippen LogP contribution in [0.5, 0.6) is 0 Å². The van der Waals surface area contributed by atoms with E-state index in [0.717, 1.165) is 0 Å². The van der Waals surface area contributed by atoms with Gasteiger partial charge in [0.05, 0.1) is 0 Å². The van der Waals surface area contributed by atoms with Crippen molar-refractivity contribution >= 4 is 9.53 Å². The highest BCUT2D eigenvalue weighted by atomic mass is 28.3. The molecular weight excluding hydrogens is 210 g/mol. The normalized spacial score (nSPS) is 15.8. The van der Waals surface area contributed by atoms with Gasteiger partial charge in [0.25, 0.3) is 0 Å². The van der Waals surface area contributed by atoms with E-state index in [-0.39, 0.29) is 0 Å². The third-order valence-electron chi connectivity index (χ3n) is 2.35. The van der Waals surface area contributed by atoms with Gasteiger partial charge in [0, 0.05) is 21.3 Å². The van der Waals surface area contributed by atoms with Crippen LogP contribution in [0.25, 0.3) is 0 Å². The molecule has 0 bridgehead atoms. The summed E-state index contributed by atoms with van der Waals surface area (Å²) in [6.07, 6.45) is 4.17. The van der Waals surface area contributed by atoms with Gasteiger partial charge < -0.3 is 18.2 Å². The van der Waals surface area contributed by atoms with E-state index in [9.17, 15) is 0 Å². The summed E-state index contributed by atoms with van der Waals surface area (Å²) < 4.78 is 14.2. The number of likely N-dealkylation sites (tertiary alicyclic amines) is 1. The van der Waals surface area contributed by atoms with Crippen molar-refractivity contribution in [2.45, 2.75) is 26.2 Å². The number of rotatable bonds is 6. The van der Waals surface area contributed by atoms with E-state index < -0.39 is 9.53 Å². The molecule has 1 heterocycles. The molecule has 1 saturated heterocycles. The number of hydrogen-bond acceptors (Lipinski definition) is 4. The lowest BCUT2D eigenvalue weighted by Crippen LogP contribution is -2.37. The first-order valence-electron chi connectivity index (χ1n) is 5.59. The Balaban J connectivity index is 0.000000265. The molecule has 0 aromatic rings. The van der Waals surface area contributed by atoms with Crippen molar-refractivity contribution in [1.82, 2.24) is 4.90 Å². The molecule has 5 heteroatoms. The number of unbranched alkanes of at least 4 members (excludes halogenated alkanes) is 1. The van der Waals surface area contributed by atoms with E-state index in [1.807, 2.05) is 0 Å². The Bertz CT molecular complexity index is 124. The van der Waals surface area contributed by atoms with Crippen LogP contribution < -0.4 is 0 Å². The van der Waals surface area contributed by atoms with Crippen LogP contribution >= 0.6 is 0 Å². The van der Waals surface area contributed by atoms with Gasteiger partial charge in [0.2, 0.25) is 0 Å². The molecule has 15 heavy (non-hydrogen) atoms. The van der Waals surface area contributed by atoms with Crippen molar-refractivity contribution in [3.8, 4) is 0 Å². The average molecular weight is 235 g/mol. The highest BCUT2D eigenvalue weighted by molar-refractivity contribution is 6.36. The molecule has 0 N–H and O–H groups in total. The van der Waals surface area contributed by atoms with E-state index in [0.29, 0.717) is 0 Å². The zero-order valence-corrected chi connectivity index (χ0v) is 11.6. The third kappa shape index (κ3) is 7.93. The molecule has 1 fully saturated rings. The van der Waals surface area contributed by atoms with Gasteiger partial charge in [-0.05, 0) is 32.5 Å². The molecule has 0 unspecified atom stereocenters. The molecule has 0 aromatic heterocycles. The Kier molecular flexibility index (Phi) is 10.6. The fourth-order valence-electron chi connectivity index (χ4n) is 1.28. The largest absolute Gasteiger partial charge is 0.483 e. The molecule has 4 nitrogen and oxygen atoms in total. The van der Waals surface area contributed by atoms with Crippen LogP contribution in [0.3, 0.4) is 0 Å². The standard InChI is InChI=1S/C7H15N.C3H10O3Si/c1-2-3-5-8-6-4-7-8;1-4-7(5-2)6-3/h2-7H2,1H3;7H,1-3H3. The molecular formula is C10H25NO3Si. The topological polar surface area (TPSA) is 30.9 Å². The predicted octanol–water partition coefficient (Wildman–Crippen LogP) is 1.13. The highest BCUT2D eigenvalue weighted by Crippen LogP contribution is 2.05. The van der Waals surface area contributed by atoms with Gasteiger partial charge >= 0.3 is 9.53 Å². The molecule has 1 aliphatic heterocycles. The highest BCUT2D eigenvalue weighted by Gasteiger charge is 2.11. The summed E-state index contributed by atoms with van der Waals surface area (Å²) in [5.41, 5.74) is 0. The first-order valence-corrected chi connectivity index (χ1v) is 7.00. The Hall–Kier alpha value is 0.0569. The molecule has 0 amide bonds. The van der Waals surface area contributed by atoms with Crippen molar-refractivity contribution in [2.24, 2.45) is 0 Å². The minimum atomic E-state index is -1.67. The SMILES string of the molecule is CCCCN1CCC1.CO[SiH](OC)OC. The van der Waals surface area contributed by atoms with Crippen LogP contribution in [-0.4, -0.2) is 55.4 Å². The van der Waals surface area contributed by atoms with Gasteiger partial charge in [-0.15, -0.1) is 0 Å². The monoisotopic (exact) mass is 235 g/mol. The molecule has 0 aromatic carbocycles. The summed E-state index contributed by atoms with van der Waals surface area (Å²) in [5.74, 6) is 0. The number of nitrogens with zero attached hydrogens (tertiary/aromatic N) is 1. The summed E-state index contributed by atoms with van der Waals surface area (Å²) in [7, 11) is 3.05. The van der Waals surface area contributed by atoms with Crippen LogP contribution in [-0.2, 0) is 13.3 Å². The maximum atomic E-state index is 4.74. The molecule has 92 valence electrons. The van der Waals surface area contributed by atoms with E-state index >= 15 is 0 Å². The van der Waals surface area contributed by atoms with Gasteiger partial charge in [-0.3, -0.25) is 0 Å². The Morgan fingerprint density at radius 2 is 1.60 bits per heavy atom. The summed E-state index contributed by atoms with van der Waals surface area (Å²) >= 11 is 0. The van der Waals surface area contributed by atoms with Crippen LogP contribution in [0.2, 0.25) is 0 Å².